The Bertz CT molecular complexity index is 1470. The standard InChI is InChI=1S/C26H24N6O/c1-3-6-20-15-28-24-22(13-16(2)29-25(24)31-20)30-18-8-5-9-19(14-18)32-26(33)21-10-4-7-17-11-12-27-23(17)21/h4-5,7-15,27H,3,6H2,1-2H3,(H,32,33)(H,29,30,31). The summed E-state index contributed by atoms with van der Waals surface area (Å²) in [6.45, 7) is 4.06. The lowest BCUT2D eigenvalue weighted by atomic mass is 10.1. The number of aryl methyl sites for hydroxylation is 2. The molecule has 0 saturated carbocycles. The maximum absolute atomic E-state index is 12.9. The van der Waals surface area contributed by atoms with Gasteiger partial charge in [0, 0.05) is 34.8 Å². The summed E-state index contributed by atoms with van der Waals surface area (Å²) in [7, 11) is 0. The number of fused-ring (bicyclic) bond motifs is 2. The zero-order chi connectivity index (χ0) is 22.8. The Labute approximate surface area is 191 Å². The molecule has 5 rings (SSSR count). The molecule has 33 heavy (non-hydrogen) atoms. The number of hydrogen-bond donors (Lipinski definition) is 3. The van der Waals surface area contributed by atoms with Gasteiger partial charge in [-0.2, -0.15) is 0 Å². The highest BCUT2D eigenvalue weighted by Gasteiger charge is 2.12. The summed E-state index contributed by atoms with van der Waals surface area (Å²) in [6, 6.07) is 17.2. The van der Waals surface area contributed by atoms with E-state index in [0.29, 0.717) is 22.4 Å². The van der Waals surface area contributed by atoms with E-state index in [1.807, 2.05) is 73.9 Å². The molecule has 7 nitrogen and oxygen atoms in total. The number of aromatic nitrogens is 4. The number of aromatic amines is 1. The van der Waals surface area contributed by atoms with Crippen LogP contribution in [0.15, 0.2) is 67.0 Å². The van der Waals surface area contributed by atoms with Crippen LogP contribution in [0.1, 0.15) is 35.1 Å². The van der Waals surface area contributed by atoms with Crippen LogP contribution in [0.2, 0.25) is 0 Å². The van der Waals surface area contributed by atoms with Gasteiger partial charge in [0.1, 0.15) is 5.52 Å². The van der Waals surface area contributed by atoms with Gasteiger partial charge in [-0.3, -0.25) is 4.79 Å². The van der Waals surface area contributed by atoms with E-state index in [9.17, 15) is 4.79 Å². The highest BCUT2D eigenvalue weighted by molar-refractivity contribution is 6.12. The topological polar surface area (TPSA) is 95.6 Å². The average molecular weight is 437 g/mol. The van der Waals surface area contributed by atoms with E-state index in [2.05, 4.69) is 37.5 Å². The summed E-state index contributed by atoms with van der Waals surface area (Å²) in [4.78, 5) is 29.9. The molecule has 164 valence electrons. The van der Waals surface area contributed by atoms with Crippen LogP contribution >= 0.6 is 0 Å². The fraction of sp³-hybridized carbons (Fsp3) is 0.154. The van der Waals surface area contributed by atoms with Gasteiger partial charge in [-0.1, -0.05) is 31.5 Å². The Morgan fingerprint density at radius 3 is 2.76 bits per heavy atom. The number of anilines is 3. The third kappa shape index (κ3) is 4.25. The van der Waals surface area contributed by atoms with Crippen molar-refractivity contribution in [1.29, 1.82) is 0 Å². The molecule has 0 unspecified atom stereocenters. The summed E-state index contributed by atoms with van der Waals surface area (Å²) in [5.41, 5.74) is 6.92. The van der Waals surface area contributed by atoms with Crippen molar-refractivity contribution >= 4 is 45.0 Å². The fourth-order valence-corrected chi connectivity index (χ4v) is 3.93. The fourth-order valence-electron chi connectivity index (χ4n) is 3.93. The summed E-state index contributed by atoms with van der Waals surface area (Å²) >= 11 is 0. The van der Waals surface area contributed by atoms with Crippen molar-refractivity contribution in [2.45, 2.75) is 26.7 Å². The molecule has 1 amide bonds. The molecule has 0 saturated heterocycles. The molecule has 7 heteroatoms. The second-order valence-electron chi connectivity index (χ2n) is 8.00. The first-order valence-electron chi connectivity index (χ1n) is 11.0. The van der Waals surface area contributed by atoms with E-state index < -0.39 is 0 Å². The highest BCUT2D eigenvalue weighted by Crippen LogP contribution is 2.26. The Hall–Kier alpha value is -4.26. The van der Waals surface area contributed by atoms with E-state index >= 15 is 0 Å². The van der Waals surface area contributed by atoms with E-state index in [1.54, 1.807) is 0 Å². The molecule has 3 heterocycles. The van der Waals surface area contributed by atoms with E-state index in [1.165, 1.54) is 0 Å². The zero-order valence-electron chi connectivity index (χ0n) is 18.5. The summed E-state index contributed by atoms with van der Waals surface area (Å²) in [5, 5.41) is 7.42. The van der Waals surface area contributed by atoms with Crippen LogP contribution in [0.5, 0.6) is 0 Å². The van der Waals surface area contributed by atoms with Crippen LogP contribution in [0.3, 0.4) is 0 Å². The number of H-pyrrole nitrogens is 1. The van der Waals surface area contributed by atoms with Gasteiger partial charge < -0.3 is 15.6 Å². The van der Waals surface area contributed by atoms with Gasteiger partial charge in [0.2, 0.25) is 0 Å². The molecule has 0 aliphatic rings. The average Bonchev–Trinajstić information content (AvgIpc) is 3.28. The molecule has 0 aliphatic carbocycles. The van der Waals surface area contributed by atoms with Crippen molar-refractivity contribution in [3.63, 3.8) is 0 Å². The Balaban J connectivity index is 1.41. The predicted octanol–water partition coefficient (Wildman–Crippen LogP) is 5.76. The number of nitrogens with zero attached hydrogens (tertiary/aromatic N) is 3. The lowest BCUT2D eigenvalue weighted by Crippen LogP contribution is -2.12. The van der Waals surface area contributed by atoms with Crippen molar-refractivity contribution < 1.29 is 4.79 Å². The van der Waals surface area contributed by atoms with Crippen LogP contribution in [0, 0.1) is 6.92 Å². The van der Waals surface area contributed by atoms with E-state index in [0.717, 1.165) is 46.5 Å². The monoisotopic (exact) mass is 436 g/mol. The third-order valence-corrected chi connectivity index (χ3v) is 5.43. The summed E-state index contributed by atoms with van der Waals surface area (Å²) < 4.78 is 0. The van der Waals surface area contributed by atoms with Crippen LogP contribution in [-0.4, -0.2) is 25.8 Å². The predicted molar refractivity (Wildman–Crippen MR) is 132 cm³/mol. The molecule has 0 radical (unpaired) electrons. The van der Waals surface area contributed by atoms with Crippen molar-refractivity contribution in [3.8, 4) is 0 Å². The number of carbonyl (C=O) groups is 1. The van der Waals surface area contributed by atoms with Crippen molar-refractivity contribution in [2.24, 2.45) is 0 Å². The number of nitrogens with one attached hydrogen (secondary N) is 3. The van der Waals surface area contributed by atoms with Crippen molar-refractivity contribution in [2.75, 3.05) is 10.6 Å². The van der Waals surface area contributed by atoms with Gasteiger partial charge in [-0.15, -0.1) is 0 Å². The molecule has 0 bridgehead atoms. The molecular weight excluding hydrogens is 412 g/mol. The number of pyridine rings is 1. The smallest absolute Gasteiger partial charge is 0.257 e. The lowest BCUT2D eigenvalue weighted by Gasteiger charge is -2.12. The molecule has 3 N–H and O–H groups in total. The minimum atomic E-state index is -0.167. The minimum absolute atomic E-state index is 0.167. The zero-order valence-corrected chi connectivity index (χ0v) is 18.5. The van der Waals surface area contributed by atoms with Gasteiger partial charge in [-0.25, -0.2) is 15.0 Å². The van der Waals surface area contributed by atoms with Crippen LogP contribution in [0.4, 0.5) is 17.1 Å². The number of carbonyl (C=O) groups excluding carboxylic acids is 1. The summed E-state index contributed by atoms with van der Waals surface area (Å²) in [6.07, 6.45) is 5.53. The summed E-state index contributed by atoms with van der Waals surface area (Å²) in [5.74, 6) is -0.167. The molecule has 0 fully saturated rings. The largest absolute Gasteiger partial charge is 0.361 e. The van der Waals surface area contributed by atoms with E-state index in [-0.39, 0.29) is 5.91 Å². The number of rotatable bonds is 6. The van der Waals surface area contributed by atoms with Crippen LogP contribution in [-0.2, 0) is 6.42 Å². The van der Waals surface area contributed by atoms with E-state index in [4.69, 9.17) is 0 Å². The third-order valence-electron chi connectivity index (χ3n) is 5.43. The maximum Gasteiger partial charge on any atom is 0.257 e. The van der Waals surface area contributed by atoms with Crippen molar-refractivity contribution in [3.05, 3.63) is 83.9 Å². The second kappa shape index (κ2) is 8.70. The van der Waals surface area contributed by atoms with Crippen molar-refractivity contribution in [1.82, 2.24) is 19.9 Å². The second-order valence-corrected chi connectivity index (χ2v) is 8.00. The highest BCUT2D eigenvalue weighted by atomic mass is 16.1. The van der Waals surface area contributed by atoms with Gasteiger partial charge in [0.15, 0.2) is 5.65 Å². The molecule has 5 aromatic rings. The first-order valence-corrected chi connectivity index (χ1v) is 11.0. The number of amides is 1. The maximum atomic E-state index is 12.9. The Morgan fingerprint density at radius 1 is 1.03 bits per heavy atom. The van der Waals surface area contributed by atoms with Gasteiger partial charge in [0.25, 0.3) is 5.91 Å². The van der Waals surface area contributed by atoms with Gasteiger partial charge >= 0.3 is 0 Å². The molecule has 0 spiro atoms. The molecular formula is C26H24N6O. The lowest BCUT2D eigenvalue weighted by molar-refractivity contribution is 0.102. The molecule has 0 aliphatic heterocycles. The molecule has 2 aromatic carbocycles. The Morgan fingerprint density at radius 2 is 1.88 bits per heavy atom. The van der Waals surface area contributed by atoms with Crippen LogP contribution in [0.25, 0.3) is 22.1 Å². The Kier molecular flexibility index (Phi) is 5.44. The first kappa shape index (κ1) is 20.6. The SMILES string of the molecule is CCCc1cnc2c(Nc3cccc(NC(=O)c4cccc5cc[nH]c45)c3)cc(C)nc2n1. The number of para-hydroxylation sites is 1. The van der Waals surface area contributed by atoms with Gasteiger partial charge in [0.05, 0.1) is 22.5 Å². The minimum Gasteiger partial charge on any atom is -0.361 e. The number of benzene rings is 2. The first-order chi connectivity index (χ1) is 16.1. The number of hydrogen-bond acceptors (Lipinski definition) is 5. The molecule has 0 atom stereocenters. The van der Waals surface area contributed by atoms with Gasteiger partial charge in [-0.05, 0) is 49.7 Å². The van der Waals surface area contributed by atoms with Crippen LogP contribution < -0.4 is 10.6 Å². The molecule has 3 aromatic heterocycles. The quantitative estimate of drug-likeness (QED) is 0.314. The normalized spacial score (nSPS) is 11.1.